The molecule has 4 nitrogen and oxygen atoms in total. The Morgan fingerprint density at radius 3 is 1.45 bits per heavy atom. The number of benzene rings is 6. The van der Waals surface area contributed by atoms with Crippen LogP contribution in [0.15, 0.2) is 152 Å². The summed E-state index contributed by atoms with van der Waals surface area (Å²) in [6.45, 7) is 0.589. The predicted octanol–water partition coefficient (Wildman–Crippen LogP) is 9.77. The van der Waals surface area contributed by atoms with Crippen LogP contribution in [0.1, 0.15) is 5.56 Å². The number of nitrogens with zero attached hydrogens (tertiary/aromatic N) is 3. The fourth-order valence-electron chi connectivity index (χ4n) is 5.81. The average molecular weight is 566 g/mol. The van der Waals surface area contributed by atoms with E-state index < -0.39 is 0 Å². The molecule has 0 unspecified atom stereocenters. The van der Waals surface area contributed by atoms with E-state index in [-0.39, 0.29) is 0 Å². The van der Waals surface area contributed by atoms with Crippen LogP contribution in [0.4, 0.5) is 0 Å². The van der Waals surface area contributed by atoms with Crippen molar-refractivity contribution in [2.45, 2.75) is 6.61 Å². The first-order valence-corrected chi connectivity index (χ1v) is 14.7. The second-order valence-electron chi connectivity index (χ2n) is 10.8. The van der Waals surface area contributed by atoms with Crippen LogP contribution in [0.5, 0.6) is 5.75 Å². The minimum atomic E-state index is 0.589. The summed E-state index contributed by atoms with van der Waals surface area (Å²) in [4.78, 5) is 14.8. The first-order valence-electron chi connectivity index (χ1n) is 14.7. The number of fused-ring (bicyclic) bond motifs is 3. The van der Waals surface area contributed by atoms with Gasteiger partial charge in [0, 0.05) is 22.3 Å². The fourth-order valence-corrected chi connectivity index (χ4v) is 5.81. The van der Waals surface area contributed by atoms with Crippen LogP contribution in [0, 0.1) is 0 Å². The third-order valence-corrected chi connectivity index (χ3v) is 8.07. The Hall–Kier alpha value is -5.87. The van der Waals surface area contributed by atoms with Crippen LogP contribution in [-0.2, 0) is 6.61 Å². The molecule has 1 aliphatic heterocycles. The summed E-state index contributed by atoms with van der Waals surface area (Å²) >= 11 is 0. The molecule has 1 aliphatic rings. The zero-order chi connectivity index (χ0) is 29.3. The molecule has 44 heavy (non-hydrogen) atoms. The topological polar surface area (TPSA) is 47.9 Å². The van der Waals surface area contributed by atoms with Gasteiger partial charge in [0.2, 0.25) is 0 Å². The van der Waals surface area contributed by atoms with Gasteiger partial charge in [0.1, 0.15) is 12.4 Å². The summed E-state index contributed by atoms with van der Waals surface area (Å²) in [5.74, 6) is 2.84. The molecular formula is C40H27N3O. The molecule has 7 aromatic rings. The van der Waals surface area contributed by atoms with Crippen molar-refractivity contribution >= 4 is 0 Å². The number of aromatic nitrogens is 3. The third-order valence-electron chi connectivity index (χ3n) is 8.07. The van der Waals surface area contributed by atoms with E-state index in [2.05, 4.69) is 109 Å². The van der Waals surface area contributed by atoms with Gasteiger partial charge in [-0.05, 0) is 39.4 Å². The Morgan fingerprint density at radius 2 is 0.818 bits per heavy atom. The van der Waals surface area contributed by atoms with Crippen LogP contribution >= 0.6 is 0 Å². The monoisotopic (exact) mass is 565 g/mol. The van der Waals surface area contributed by atoms with E-state index >= 15 is 0 Å². The highest BCUT2D eigenvalue weighted by Crippen LogP contribution is 2.44. The molecule has 1 aromatic heterocycles. The Labute approximate surface area is 256 Å². The second kappa shape index (κ2) is 11.1. The highest BCUT2D eigenvalue weighted by molar-refractivity contribution is 5.90. The Balaban J connectivity index is 1.19. The largest absolute Gasteiger partial charge is 0.488 e. The van der Waals surface area contributed by atoms with Crippen LogP contribution < -0.4 is 4.74 Å². The fraction of sp³-hybridized carbons (Fsp3) is 0.0250. The molecule has 0 saturated carbocycles. The van der Waals surface area contributed by atoms with E-state index in [1.165, 1.54) is 16.7 Å². The highest BCUT2D eigenvalue weighted by Gasteiger charge is 2.21. The molecule has 4 heteroatoms. The Kier molecular flexibility index (Phi) is 6.50. The normalized spacial score (nSPS) is 11.7. The van der Waals surface area contributed by atoms with Gasteiger partial charge in [0.25, 0.3) is 0 Å². The average Bonchev–Trinajstić information content (AvgIpc) is 3.12. The van der Waals surface area contributed by atoms with Crippen molar-refractivity contribution in [3.63, 3.8) is 0 Å². The maximum Gasteiger partial charge on any atom is 0.164 e. The molecule has 0 saturated heterocycles. The summed E-state index contributed by atoms with van der Waals surface area (Å²) in [5.41, 5.74) is 11.0. The lowest BCUT2D eigenvalue weighted by Gasteiger charge is -2.23. The first-order chi connectivity index (χ1) is 21.8. The molecule has 0 N–H and O–H groups in total. The SMILES string of the molecule is c1ccc(-c2ccc(-c3nc(-c4ccccc4)nc(-c4ccc(-c5cccc6c5-c5ccccc5CO6)cc4)n3)cc2)cc1. The molecule has 0 fully saturated rings. The third kappa shape index (κ3) is 4.83. The molecule has 8 rings (SSSR count). The van der Waals surface area contributed by atoms with E-state index in [1.54, 1.807) is 0 Å². The van der Waals surface area contributed by atoms with Crippen molar-refractivity contribution in [3.8, 4) is 73.3 Å². The molecule has 2 heterocycles. The van der Waals surface area contributed by atoms with Gasteiger partial charge < -0.3 is 4.74 Å². The summed E-state index contributed by atoms with van der Waals surface area (Å²) in [6.07, 6.45) is 0. The number of ether oxygens (including phenoxy) is 1. The molecule has 0 radical (unpaired) electrons. The van der Waals surface area contributed by atoms with Gasteiger partial charge in [-0.2, -0.15) is 0 Å². The smallest absolute Gasteiger partial charge is 0.164 e. The van der Waals surface area contributed by atoms with Crippen LogP contribution in [0.2, 0.25) is 0 Å². The molecule has 0 amide bonds. The lowest BCUT2D eigenvalue weighted by atomic mass is 9.89. The van der Waals surface area contributed by atoms with Crippen molar-refractivity contribution in [1.29, 1.82) is 0 Å². The van der Waals surface area contributed by atoms with E-state index in [1.807, 2.05) is 42.5 Å². The Morgan fingerprint density at radius 1 is 0.364 bits per heavy atom. The van der Waals surface area contributed by atoms with Crippen LogP contribution in [0.3, 0.4) is 0 Å². The van der Waals surface area contributed by atoms with E-state index in [9.17, 15) is 0 Å². The van der Waals surface area contributed by atoms with Gasteiger partial charge in [-0.3, -0.25) is 0 Å². The van der Waals surface area contributed by atoms with Gasteiger partial charge >= 0.3 is 0 Å². The van der Waals surface area contributed by atoms with Gasteiger partial charge in [-0.25, -0.2) is 15.0 Å². The standard InChI is InChI=1S/C40H27N3O/c1-3-10-27(11-4-1)28-18-22-31(23-19-28)39-41-38(30-12-5-2-6-13-30)42-40(43-39)32-24-20-29(21-25-32)34-16-9-17-36-37(34)35-15-8-7-14-33(35)26-44-36/h1-25H,26H2. The molecule has 0 atom stereocenters. The van der Waals surface area contributed by atoms with Crippen LogP contribution in [0.25, 0.3) is 67.5 Å². The number of rotatable bonds is 5. The quantitative estimate of drug-likeness (QED) is 0.208. The number of hydrogen-bond acceptors (Lipinski definition) is 4. The first kappa shape index (κ1) is 25.8. The minimum absolute atomic E-state index is 0.589. The highest BCUT2D eigenvalue weighted by atomic mass is 16.5. The number of hydrogen-bond donors (Lipinski definition) is 0. The zero-order valence-corrected chi connectivity index (χ0v) is 23.9. The van der Waals surface area contributed by atoms with E-state index in [4.69, 9.17) is 19.7 Å². The van der Waals surface area contributed by atoms with E-state index in [0.29, 0.717) is 24.1 Å². The van der Waals surface area contributed by atoms with Crippen molar-refractivity contribution in [3.05, 3.63) is 157 Å². The lowest BCUT2D eigenvalue weighted by molar-refractivity contribution is 0.302. The van der Waals surface area contributed by atoms with Gasteiger partial charge in [0.15, 0.2) is 17.5 Å². The summed E-state index contributed by atoms with van der Waals surface area (Å²) in [5, 5.41) is 0. The zero-order valence-electron chi connectivity index (χ0n) is 23.9. The van der Waals surface area contributed by atoms with E-state index in [0.717, 1.165) is 44.7 Å². The summed E-state index contributed by atoms with van der Waals surface area (Å²) in [7, 11) is 0. The lowest BCUT2D eigenvalue weighted by Crippen LogP contribution is -2.06. The predicted molar refractivity (Wildman–Crippen MR) is 177 cm³/mol. The molecule has 0 bridgehead atoms. The Bertz CT molecular complexity index is 2090. The van der Waals surface area contributed by atoms with Crippen molar-refractivity contribution < 1.29 is 4.74 Å². The van der Waals surface area contributed by atoms with Gasteiger partial charge in [-0.1, -0.05) is 146 Å². The molecule has 0 spiro atoms. The maximum atomic E-state index is 6.12. The van der Waals surface area contributed by atoms with Gasteiger partial charge in [0.05, 0.1) is 0 Å². The van der Waals surface area contributed by atoms with Crippen molar-refractivity contribution in [2.24, 2.45) is 0 Å². The summed E-state index contributed by atoms with van der Waals surface area (Å²) < 4.78 is 6.12. The molecule has 6 aromatic carbocycles. The maximum absolute atomic E-state index is 6.12. The molecule has 208 valence electrons. The molecular weight excluding hydrogens is 538 g/mol. The van der Waals surface area contributed by atoms with Crippen molar-refractivity contribution in [2.75, 3.05) is 0 Å². The van der Waals surface area contributed by atoms with Crippen molar-refractivity contribution in [1.82, 2.24) is 15.0 Å². The summed E-state index contributed by atoms with van der Waals surface area (Å²) in [6, 6.07) is 52.0. The second-order valence-corrected chi connectivity index (χ2v) is 10.8. The van der Waals surface area contributed by atoms with Gasteiger partial charge in [-0.15, -0.1) is 0 Å². The minimum Gasteiger partial charge on any atom is -0.488 e. The van der Waals surface area contributed by atoms with Crippen LogP contribution in [-0.4, -0.2) is 15.0 Å². The molecule has 0 aliphatic carbocycles.